The number of hydrogen-bond acceptors (Lipinski definition) is 8. The van der Waals surface area contributed by atoms with Gasteiger partial charge in [0.05, 0.1) is 15.0 Å². The summed E-state index contributed by atoms with van der Waals surface area (Å²) in [4.78, 5) is 6.72. The summed E-state index contributed by atoms with van der Waals surface area (Å²) in [5.41, 5.74) is 0. The Morgan fingerprint density at radius 1 is 1.15 bits per heavy atom. The van der Waals surface area contributed by atoms with Crippen LogP contribution in [0.25, 0.3) is 21.4 Å². The topological polar surface area (TPSA) is 69.6 Å². The van der Waals surface area contributed by atoms with Gasteiger partial charge in [0, 0.05) is 6.04 Å². The molecule has 5 rings (SSSR count). The fourth-order valence-electron chi connectivity index (χ4n) is 2.71. The van der Waals surface area contributed by atoms with Crippen molar-refractivity contribution in [2.45, 2.75) is 36.2 Å². The molecule has 0 aromatic carbocycles. The summed E-state index contributed by atoms with van der Waals surface area (Å²) in [6.07, 6.45) is 2.36. The van der Waals surface area contributed by atoms with Crippen LogP contribution in [-0.4, -0.2) is 24.9 Å². The second-order valence-electron chi connectivity index (χ2n) is 6.08. The summed E-state index contributed by atoms with van der Waals surface area (Å²) in [5, 5.41) is 18.0. The highest BCUT2D eigenvalue weighted by Gasteiger charge is 2.31. The van der Waals surface area contributed by atoms with Gasteiger partial charge in [0.2, 0.25) is 11.7 Å². The molecule has 1 fully saturated rings. The van der Waals surface area contributed by atoms with E-state index in [9.17, 15) is 0 Å². The highest BCUT2D eigenvalue weighted by atomic mass is 32.2. The van der Waals surface area contributed by atoms with E-state index in [1.165, 1.54) is 12.8 Å². The second kappa shape index (κ2) is 6.64. The molecule has 4 aromatic heterocycles. The lowest BCUT2D eigenvalue weighted by Crippen LogP contribution is -2.00. The SMILES string of the molecule is CC(Sc1nnc(-c2cccs2)n1C1CC1)c1nc(-c2cccs2)no1. The van der Waals surface area contributed by atoms with E-state index in [-0.39, 0.29) is 5.25 Å². The summed E-state index contributed by atoms with van der Waals surface area (Å²) < 4.78 is 7.75. The van der Waals surface area contributed by atoms with Crippen LogP contribution in [0.2, 0.25) is 0 Å². The van der Waals surface area contributed by atoms with Gasteiger partial charge in [-0.1, -0.05) is 29.1 Å². The molecule has 0 N–H and O–H groups in total. The molecule has 0 saturated heterocycles. The first-order valence-corrected chi connectivity index (χ1v) is 11.0. The van der Waals surface area contributed by atoms with E-state index in [1.54, 1.807) is 34.4 Å². The van der Waals surface area contributed by atoms with E-state index < -0.39 is 0 Å². The van der Waals surface area contributed by atoms with Crippen LogP contribution in [0.3, 0.4) is 0 Å². The Hall–Kier alpha value is -1.97. The Kier molecular flexibility index (Phi) is 4.14. The Balaban J connectivity index is 1.41. The summed E-state index contributed by atoms with van der Waals surface area (Å²) >= 11 is 4.92. The first-order valence-electron chi connectivity index (χ1n) is 8.32. The maximum atomic E-state index is 5.49. The minimum Gasteiger partial charge on any atom is -0.338 e. The van der Waals surface area contributed by atoms with Crippen molar-refractivity contribution in [1.82, 2.24) is 24.9 Å². The summed E-state index contributed by atoms with van der Waals surface area (Å²) in [5.74, 6) is 2.22. The zero-order valence-electron chi connectivity index (χ0n) is 13.9. The highest BCUT2D eigenvalue weighted by molar-refractivity contribution is 7.99. The van der Waals surface area contributed by atoms with E-state index in [2.05, 4.69) is 43.3 Å². The fraction of sp³-hybridized carbons (Fsp3) is 0.294. The third-order valence-corrected chi connectivity index (χ3v) is 6.91. The average Bonchev–Trinajstić information content (AvgIpc) is 3.19. The fourth-order valence-corrected chi connectivity index (χ4v) is 5.01. The standard InChI is InChI=1S/C17H15N5OS3/c1-10(16-18-14(21-23-16)12-4-2-8-24-12)26-17-20-19-15(13-5-3-9-25-13)22(17)11-6-7-11/h2-5,8-11H,6-7H2,1H3. The van der Waals surface area contributed by atoms with Crippen molar-refractivity contribution in [3.8, 4) is 21.4 Å². The number of nitrogens with zero attached hydrogens (tertiary/aromatic N) is 5. The molecule has 9 heteroatoms. The molecular formula is C17H15N5OS3. The molecular weight excluding hydrogens is 386 g/mol. The monoisotopic (exact) mass is 401 g/mol. The van der Waals surface area contributed by atoms with Gasteiger partial charge in [-0.3, -0.25) is 4.57 Å². The van der Waals surface area contributed by atoms with E-state index in [0.29, 0.717) is 17.8 Å². The summed E-state index contributed by atoms with van der Waals surface area (Å²) in [6.45, 7) is 2.06. The third-order valence-electron chi connectivity index (χ3n) is 4.13. The molecule has 6 nitrogen and oxygen atoms in total. The first-order chi connectivity index (χ1) is 12.8. The quantitative estimate of drug-likeness (QED) is 0.408. The van der Waals surface area contributed by atoms with Gasteiger partial charge < -0.3 is 4.52 Å². The lowest BCUT2D eigenvalue weighted by atomic mass is 10.4. The molecule has 1 saturated carbocycles. The minimum atomic E-state index is 0.00842. The molecule has 0 bridgehead atoms. The lowest BCUT2D eigenvalue weighted by Gasteiger charge is -2.09. The molecule has 4 aromatic rings. The Labute approximate surface area is 162 Å². The van der Waals surface area contributed by atoms with Crippen molar-refractivity contribution in [1.29, 1.82) is 0 Å². The van der Waals surface area contributed by atoms with Crippen molar-refractivity contribution in [3.05, 3.63) is 40.9 Å². The van der Waals surface area contributed by atoms with Gasteiger partial charge >= 0.3 is 0 Å². The van der Waals surface area contributed by atoms with Gasteiger partial charge in [-0.15, -0.1) is 32.9 Å². The number of aromatic nitrogens is 5. The van der Waals surface area contributed by atoms with E-state index in [4.69, 9.17) is 4.52 Å². The van der Waals surface area contributed by atoms with E-state index in [0.717, 1.165) is 20.7 Å². The Bertz CT molecular complexity index is 1000. The van der Waals surface area contributed by atoms with Gasteiger partial charge in [-0.25, -0.2) is 0 Å². The van der Waals surface area contributed by atoms with Crippen molar-refractivity contribution < 1.29 is 4.52 Å². The van der Waals surface area contributed by atoms with Crippen LogP contribution in [0, 0.1) is 0 Å². The normalized spacial score (nSPS) is 15.4. The average molecular weight is 402 g/mol. The van der Waals surface area contributed by atoms with Gasteiger partial charge in [0.25, 0.3) is 0 Å². The molecule has 0 spiro atoms. The number of thiophene rings is 2. The molecule has 0 aliphatic heterocycles. The van der Waals surface area contributed by atoms with Crippen LogP contribution in [0.5, 0.6) is 0 Å². The van der Waals surface area contributed by atoms with Crippen LogP contribution >= 0.6 is 34.4 Å². The largest absolute Gasteiger partial charge is 0.338 e. The third kappa shape index (κ3) is 3.00. The minimum absolute atomic E-state index is 0.00842. The van der Waals surface area contributed by atoms with Gasteiger partial charge in [-0.05, 0) is 42.7 Å². The van der Waals surface area contributed by atoms with Crippen molar-refractivity contribution in [2.75, 3.05) is 0 Å². The predicted octanol–water partition coefficient (Wildman–Crippen LogP) is 5.31. The first kappa shape index (κ1) is 16.2. The number of thioether (sulfide) groups is 1. The Morgan fingerprint density at radius 2 is 1.92 bits per heavy atom. The van der Waals surface area contributed by atoms with Crippen molar-refractivity contribution in [3.63, 3.8) is 0 Å². The van der Waals surface area contributed by atoms with Crippen LogP contribution in [0.4, 0.5) is 0 Å². The number of rotatable bonds is 6. The van der Waals surface area contributed by atoms with Crippen LogP contribution < -0.4 is 0 Å². The zero-order valence-corrected chi connectivity index (χ0v) is 16.4. The lowest BCUT2D eigenvalue weighted by molar-refractivity contribution is 0.380. The van der Waals surface area contributed by atoms with Crippen LogP contribution in [-0.2, 0) is 0 Å². The summed E-state index contributed by atoms with van der Waals surface area (Å²) in [6, 6.07) is 8.62. The Morgan fingerprint density at radius 3 is 2.62 bits per heavy atom. The van der Waals surface area contributed by atoms with Crippen molar-refractivity contribution >= 4 is 34.4 Å². The van der Waals surface area contributed by atoms with E-state index in [1.807, 2.05) is 23.6 Å². The number of hydrogen-bond donors (Lipinski definition) is 0. The highest BCUT2D eigenvalue weighted by Crippen LogP contribution is 2.44. The zero-order chi connectivity index (χ0) is 17.5. The van der Waals surface area contributed by atoms with Gasteiger partial charge in [0.15, 0.2) is 11.0 Å². The van der Waals surface area contributed by atoms with E-state index >= 15 is 0 Å². The smallest absolute Gasteiger partial charge is 0.240 e. The van der Waals surface area contributed by atoms with Gasteiger partial charge in [0.1, 0.15) is 0 Å². The molecule has 132 valence electrons. The maximum absolute atomic E-state index is 5.49. The van der Waals surface area contributed by atoms with Gasteiger partial charge in [-0.2, -0.15) is 4.98 Å². The molecule has 1 unspecified atom stereocenters. The molecule has 4 heterocycles. The molecule has 1 aliphatic carbocycles. The van der Waals surface area contributed by atoms with Crippen molar-refractivity contribution in [2.24, 2.45) is 0 Å². The molecule has 0 amide bonds. The maximum Gasteiger partial charge on any atom is 0.240 e. The molecule has 1 atom stereocenters. The van der Waals surface area contributed by atoms with Crippen LogP contribution in [0.1, 0.15) is 36.9 Å². The molecule has 1 aliphatic rings. The molecule has 0 radical (unpaired) electrons. The summed E-state index contributed by atoms with van der Waals surface area (Å²) in [7, 11) is 0. The van der Waals surface area contributed by atoms with Crippen LogP contribution in [0.15, 0.2) is 44.7 Å². The molecule has 26 heavy (non-hydrogen) atoms. The second-order valence-corrected chi connectivity index (χ2v) is 9.28. The predicted molar refractivity (Wildman–Crippen MR) is 103 cm³/mol.